The van der Waals surface area contributed by atoms with Crippen LogP contribution < -0.4 is 0 Å². The van der Waals surface area contributed by atoms with Crippen LogP contribution in [-0.4, -0.2) is 24.9 Å². The highest BCUT2D eigenvalue weighted by molar-refractivity contribution is 6.29. The largest absolute Gasteiger partial charge is 0.454 e. The summed E-state index contributed by atoms with van der Waals surface area (Å²) in [5, 5.41) is 1.41. The number of fused-ring (bicyclic) bond motifs is 5. The number of nitrogens with one attached hydrogen (secondary N) is 1. The quantitative estimate of drug-likeness (QED) is 0.295. The fraction of sp³-hybridized carbons (Fsp3) is 0.357. The van der Waals surface area contributed by atoms with E-state index in [1.807, 2.05) is 24.4 Å². The zero-order chi connectivity index (χ0) is 23.5. The molecule has 1 aromatic carbocycles. The minimum Gasteiger partial charge on any atom is -0.454 e. The molecule has 0 radical (unpaired) electrons. The molecule has 0 spiro atoms. The first-order valence-corrected chi connectivity index (χ1v) is 12.9. The Kier molecular flexibility index (Phi) is 4.91. The number of nitrogens with zero attached hydrogens (tertiary/aromatic N) is 4. The van der Waals surface area contributed by atoms with Gasteiger partial charge in [0.1, 0.15) is 21.9 Å². The Hall–Kier alpha value is -3.25. The zero-order valence-electron chi connectivity index (χ0n) is 19.5. The highest BCUT2D eigenvalue weighted by atomic mass is 35.5. The lowest BCUT2D eigenvalue weighted by Crippen LogP contribution is -2.39. The van der Waals surface area contributed by atoms with E-state index in [2.05, 4.69) is 40.1 Å². The van der Waals surface area contributed by atoms with Gasteiger partial charge in [-0.15, -0.1) is 0 Å². The fourth-order valence-corrected chi connectivity index (χ4v) is 6.60. The Morgan fingerprint density at radius 2 is 1.86 bits per heavy atom. The lowest BCUT2D eigenvalue weighted by atomic mass is 9.58. The predicted octanol–water partition coefficient (Wildman–Crippen LogP) is 7.10. The van der Waals surface area contributed by atoms with Crippen LogP contribution in [0.1, 0.15) is 38.3 Å². The molecule has 3 saturated carbocycles. The van der Waals surface area contributed by atoms with Gasteiger partial charge in [0.05, 0.1) is 11.8 Å². The van der Waals surface area contributed by atoms with E-state index in [0.717, 1.165) is 57.9 Å². The van der Waals surface area contributed by atoms with E-state index >= 15 is 0 Å². The summed E-state index contributed by atoms with van der Waals surface area (Å²) in [6.45, 7) is 2.44. The monoisotopic (exact) mass is 483 g/mol. The number of hydrogen-bond donors (Lipinski definition) is 1. The summed E-state index contributed by atoms with van der Waals surface area (Å²) in [5.74, 6) is 4.40. The van der Waals surface area contributed by atoms with Crippen LogP contribution in [0.25, 0.3) is 45.0 Å². The molecule has 2 atom stereocenters. The van der Waals surface area contributed by atoms with Crippen LogP contribution in [-0.2, 0) is 6.42 Å². The van der Waals surface area contributed by atoms with E-state index < -0.39 is 0 Å². The first kappa shape index (κ1) is 21.1. The second-order valence-electron chi connectivity index (χ2n) is 10.2. The Labute approximate surface area is 208 Å². The van der Waals surface area contributed by atoms with Gasteiger partial charge in [-0.1, -0.05) is 36.7 Å². The number of hydrogen-bond acceptors (Lipinski definition) is 5. The summed E-state index contributed by atoms with van der Waals surface area (Å²) in [7, 11) is 0. The summed E-state index contributed by atoms with van der Waals surface area (Å²) in [6.07, 6.45) is 9.84. The smallest absolute Gasteiger partial charge is 0.163 e. The average molecular weight is 484 g/mol. The molecule has 4 aromatic heterocycles. The van der Waals surface area contributed by atoms with E-state index in [9.17, 15) is 0 Å². The maximum atomic E-state index is 6.20. The lowest BCUT2D eigenvalue weighted by molar-refractivity contribution is 0.0339. The van der Waals surface area contributed by atoms with Gasteiger partial charge in [0.15, 0.2) is 17.2 Å². The van der Waals surface area contributed by atoms with Gasteiger partial charge in [0, 0.05) is 17.3 Å². The molecular weight excluding hydrogens is 458 g/mol. The average Bonchev–Trinajstić information content (AvgIpc) is 3.50. The zero-order valence-corrected chi connectivity index (χ0v) is 20.3. The van der Waals surface area contributed by atoms with Crippen LogP contribution in [0.5, 0.6) is 0 Å². The van der Waals surface area contributed by atoms with E-state index in [1.54, 1.807) is 6.20 Å². The molecule has 7 heteroatoms. The van der Waals surface area contributed by atoms with Crippen molar-refractivity contribution in [1.82, 2.24) is 24.9 Å². The van der Waals surface area contributed by atoms with Gasteiger partial charge in [-0.2, -0.15) is 0 Å². The van der Waals surface area contributed by atoms with Gasteiger partial charge in [-0.05, 0) is 74.0 Å². The number of para-hydroxylation sites is 1. The summed E-state index contributed by atoms with van der Waals surface area (Å²) in [6, 6.07) is 12.2. The van der Waals surface area contributed by atoms with E-state index in [1.165, 1.54) is 25.7 Å². The Balaban J connectivity index is 1.36. The van der Waals surface area contributed by atoms with Gasteiger partial charge < -0.3 is 9.40 Å². The highest BCUT2D eigenvalue weighted by Gasteiger charge is 2.41. The van der Waals surface area contributed by atoms with Crippen LogP contribution in [0.15, 0.2) is 53.2 Å². The molecule has 4 heterocycles. The molecule has 3 aliphatic rings. The minimum absolute atomic E-state index is 0.346. The molecule has 35 heavy (non-hydrogen) atoms. The summed E-state index contributed by atoms with van der Waals surface area (Å²) >= 11 is 6.18. The normalized spacial score (nSPS) is 23.9. The van der Waals surface area contributed by atoms with Crippen molar-refractivity contribution in [1.29, 1.82) is 0 Å². The van der Waals surface area contributed by atoms with Crippen molar-refractivity contribution in [3.63, 3.8) is 0 Å². The Morgan fingerprint density at radius 3 is 2.69 bits per heavy atom. The van der Waals surface area contributed by atoms with Crippen LogP contribution in [0.2, 0.25) is 5.15 Å². The van der Waals surface area contributed by atoms with Gasteiger partial charge in [0.2, 0.25) is 0 Å². The Morgan fingerprint density at radius 1 is 1.03 bits per heavy atom. The first-order valence-electron chi connectivity index (χ1n) is 12.5. The van der Waals surface area contributed by atoms with Crippen molar-refractivity contribution < 1.29 is 4.42 Å². The van der Waals surface area contributed by atoms with Crippen molar-refractivity contribution >= 4 is 33.7 Å². The molecule has 0 aliphatic heterocycles. The third-order valence-electron chi connectivity index (χ3n) is 8.34. The number of aromatic amines is 1. The van der Waals surface area contributed by atoms with Crippen molar-refractivity contribution in [2.75, 3.05) is 0 Å². The summed E-state index contributed by atoms with van der Waals surface area (Å²) in [5.41, 5.74) is 4.84. The van der Waals surface area contributed by atoms with Crippen molar-refractivity contribution in [3.8, 4) is 22.8 Å². The fourth-order valence-electron chi connectivity index (χ4n) is 6.47. The van der Waals surface area contributed by atoms with Gasteiger partial charge in [-0.25, -0.2) is 19.9 Å². The maximum Gasteiger partial charge on any atom is 0.163 e. The van der Waals surface area contributed by atoms with E-state index in [0.29, 0.717) is 28.1 Å². The number of aromatic nitrogens is 5. The van der Waals surface area contributed by atoms with Crippen LogP contribution in [0.4, 0.5) is 0 Å². The molecule has 2 bridgehead atoms. The maximum absolute atomic E-state index is 6.20. The Bertz CT molecular complexity index is 1510. The predicted molar refractivity (Wildman–Crippen MR) is 137 cm³/mol. The van der Waals surface area contributed by atoms with Gasteiger partial charge in [-0.3, -0.25) is 0 Å². The molecule has 3 fully saturated rings. The number of H-pyrrole nitrogens is 1. The molecular formula is C28H26ClN5O. The molecule has 1 N–H and O–H groups in total. The van der Waals surface area contributed by atoms with E-state index in [-0.39, 0.29) is 0 Å². The topological polar surface area (TPSA) is 80.5 Å². The molecule has 0 amide bonds. The molecule has 6 nitrogen and oxygen atoms in total. The van der Waals surface area contributed by atoms with Gasteiger partial charge >= 0.3 is 0 Å². The molecule has 176 valence electrons. The van der Waals surface area contributed by atoms with Crippen LogP contribution in [0.3, 0.4) is 0 Å². The second-order valence-corrected chi connectivity index (χ2v) is 10.6. The summed E-state index contributed by atoms with van der Waals surface area (Å²) < 4.78 is 6.20. The molecule has 8 rings (SSSR count). The van der Waals surface area contributed by atoms with Crippen molar-refractivity contribution in [2.24, 2.45) is 23.7 Å². The highest BCUT2D eigenvalue weighted by Crippen LogP contribution is 2.49. The molecule has 2 unspecified atom stereocenters. The number of rotatable bonds is 4. The lowest BCUT2D eigenvalue weighted by Gasteiger charge is -2.47. The van der Waals surface area contributed by atoms with Crippen molar-refractivity contribution in [2.45, 2.75) is 39.0 Å². The minimum atomic E-state index is 0.346. The summed E-state index contributed by atoms with van der Waals surface area (Å²) in [4.78, 5) is 22.1. The third-order valence-corrected chi connectivity index (χ3v) is 8.52. The SMILES string of the molecule is CC1C2CCC(CC2)C1Cc1cc(-c2cc3ccccc3o2)nc(-c2c[nH]c3ncc(Cl)nc23)n1. The van der Waals surface area contributed by atoms with Gasteiger partial charge in [0.25, 0.3) is 0 Å². The van der Waals surface area contributed by atoms with Crippen LogP contribution in [0, 0.1) is 23.7 Å². The van der Waals surface area contributed by atoms with Crippen LogP contribution >= 0.6 is 11.6 Å². The third kappa shape index (κ3) is 3.62. The van der Waals surface area contributed by atoms with Crippen molar-refractivity contribution in [3.05, 3.63) is 59.6 Å². The standard InChI is InChI=1S/C28H26ClN5O/c1-15-16-6-8-17(9-7-16)20(15)11-19-12-22(24-10-18-4-2-3-5-23(18)35-24)33-27(32-19)21-13-30-28-26(21)34-25(29)14-31-28/h2-5,10,12-17,20H,6-9,11H2,1H3,(H,30,31). The molecule has 3 aliphatic carbocycles. The van der Waals surface area contributed by atoms with E-state index in [4.69, 9.17) is 26.0 Å². The first-order chi connectivity index (χ1) is 17.1. The molecule has 0 saturated heterocycles. The number of benzene rings is 1. The number of furan rings is 1. The number of halogens is 1. The molecule has 5 aromatic rings. The second kappa shape index (κ2) is 8.16.